The van der Waals surface area contributed by atoms with Gasteiger partial charge in [0.1, 0.15) is 37.6 Å². The van der Waals surface area contributed by atoms with Crippen molar-refractivity contribution < 1.29 is 43.1 Å². The van der Waals surface area contributed by atoms with Crippen LogP contribution in [0.5, 0.6) is 0 Å². The summed E-state index contributed by atoms with van der Waals surface area (Å²) in [7, 11) is 0. The maximum Gasteiger partial charge on any atom is 0.325 e. The third-order valence-corrected chi connectivity index (χ3v) is 6.00. The molecule has 10 heteroatoms. The predicted octanol–water partition coefficient (Wildman–Crippen LogP) is 1.09. The lowest BCUT2D eigenvalue weighted by atomic mass is 10.00. The molecule has 0 amide bonds. The molecule has 0 aromatic rings. The van der Waals surface area contributed by atoms with Gasteiger partial charge >= 0.3 is 5.97 Å². The van der Waals surface area contributed by atoms with E-state index >= 15 is 0 Å². The van der Waals surface area contributed by atoms with Crippen molar-refractivity contribution in [3.63, 3.8) is 0 Å². The molecule has 1 unspecified atom stereocenters. The van der Waals surface area contributed by atoms with Crippen LogP contribution in [-0.2, 0) is 38.0 Å². The first-order valence-corrected chi connectivity index (χ1v) is 10.8. The number of ether oxygens (including phenoxy) is 7. The number of fused-ring (bicyclic) bond motifs is 1. The fraction of sp³-hybridized carbons (Fsp3) is 0.850. The summed E-state index contributed by atoms with van der Waals surface area (Å²) in [6, 6.07) is 0. The van der Waals surface area contributed by atoms with Crippen molar-refractivity contribution in [3.05, 3.63) is 0 Å². The monoisotopic (exact) mass is 492 g/mol. The highest BCUT2D eigenvalue weighted by molar-refractivity contribution is 9.10. The van der Waals surface area contributed by atoms with Gasteiger partial charge in [-0.25, -0.2) is 0 Å². The van der Waals surface area contributed by atoms with Crippen molar-refractivity contribution in [2.75, 3.05) is 26.4 Å². The number of alkyl halides is 1. The van der Waals surface area contributed by atoms with E-state index in [1.165, 1.54) is 0 Å². The SMILES string of the molecule is CCOC(=O)C(Br)[C@@]1(OCC#CCO)O[C@H]([C@H]2COC(C)(C)O2)[C@@H]2OC(C)(C)O[C@@H]21. The number of rotatable bonds is 6. The van der Waals surface area contributed by atoms with Gasteiger partial charge in [0.05, 0.1) is 13.2 Å². The molecule has 3 fully saturated rings. The highest BCUT2D eigenvalue weighted by Crippen LogP contribution is 2.50. The van der Waals surface area contributed by atoms with Crippen LogP contribution in [0.1, 0.15) is 34.6 Å². The van der Waals surface area contributed by atoms with Crippen LogP contribution in [-0.4, -0.2) is 84.1 Å². The number of carbonyl (C=O) groups is 1. The molecule has 3 heterocycles. The topological polar surface area (TPSA) is 102 Å². The van der Waals surface area contributed by atoms with Gasteiger partial charge in [0.2, 0.25) is 5.79 Å². The van der Waals surface area contributed by atoms with E-state index in [0.29, 0.717) is 0 Å². The summed E-state index contributed by atoms with van der Waals surface area (Å²) in [6.07, 6.45) is -2.43. The van der Waals surface area contributed by atoms with Gasteiger partial charge in [-0.15, -0.1) is 0 Å². The molecule has 0 aromatic carbocycles. The molecule has 30 heavy (non-hydrogen) atoms. The van der Waals surface area contributed by atoms with Gasteiger partial charge in [0.25, 0.3) is 0 Å². The van der Waals surface area contributed by atoms with Gasteiger partial charge in [-0.1, -0.05) is 27.8 Å². The van der Waals surface area contributed by atoms with Gasteiger partial charge in [0.15, 0.2) is 16.4 Å². The first-order valence-electron chi connectivity index (χ1n) is 9.91. The van der Waals surface area contributed by atoms with Crippen molar-refractivity contribution in [1.82, 2.24) is 0 Å². The molecule has 3 aliphatic heterocycles. The lowest BCUT2D eigenvalue weighted by molar-refractivity contribution is -0.296. The zero-order valence-corrected chi connectivity index (χ0v) is 19.4. The van der Waals surface area contributed by atoms with Gasteiger partial charge in [-0.05, 0) is 34.6 Å². The highest BCUT2D eigenvalue weighted by atomic mass is 79.9. The molecule has 1 N–H and O–H groups in total. The van der Waals surface area contributed by atoms with Crippen LogP contribution in [0.4, 0.5) is 0 Å². The molecular weight excluding hydrogens is 464 g/mol. The minimum absolute atomic E-state index is 0.102. The molecule has 3 saturated heterocycles. The van der Waals surface area contributed by atoms with E-state index in [1.807, 2.05) is 13.8 Å². The zero-order chi connectivity index (χ0) is 22.2. The molecule has 170 valence electrons. The van der Waals surface area contributed by atoms with E-state index in [1.54, 1.807) is 20.8 Å². The van der Waals surface area contributed by atoms with Crippen LogP contribution < -0.4 is 0 Å². The minimum atomic E-state index is -1.59. The van der Waals surface area contributed by atoms with E-state index in [9.17, 15) is 4.79 Å². The first-order chi connectivity index (χ1) is 14.1. The van der Waals surface area contributed by atoms with Crippen molar-refractivity contribution in [2.45, 2.75) is 81.2 Å². The van der Waals surface area contributed by atoms with E-state index in [2.05, 4.69) is 27.8 Å². The van der Waals surface area contributed by atoms with E-state index in [-0.39, 0.29) is 26.4 Å². The number of carbonyl (C=O) groups excluding carboxylic acids is 1. The zero-order valence-electron chi connectivity index (χ0n) is 17.8. The fourth-order valence-electron chi connectivity index (χ4n) is 3.88. The second-order valence-electron chi connectivity index (χ2n) is 8.11. The average molecular weight is 493 g/mol. The van der Waals surface area contributed by atoms with Crippen molar-refractivity contribution in [3.8, 4) is 11.8 Å². The Labute approximate surface area is 184 Å². The number of hydrogen-bond donors (Lipinski definition) is 1. The van der Waals surface area contributed by atoms with Crippen molar-refractivity contribution >= 4 is 21.9 Å². The normalized spacial score (nSPS) is 37.3. The van der Waals surface area contributed by atoms with Crippen molar-refractivity contribution in [2.24, 2.45) is 0 Å². The summed E-state index contributed by atoms with van der Waals surface area (Å²) in [5.74, 6) is 1.34. The number of esters is 1. The van der Waals surface area contributed by atoms with Crippen LogP contribution in [0.25, 0.3) is 0 Å². The Hall–Kier alpha value is -0.770. The van der Waals surface area contributed by atoms with Crippen LogP contribution in [0.2, 0.25) is 0 Å². The molecule has 0 radical (unpaired) electrons. The standard InChI is InChI=1S/C20H29BrO9/c1-6-24-17(23)15(21)20(25-10-8-7-9-22)16-14(28-19(4,5)30-16)13(29-20)12-11-26-18(2,3)27-12/h12-16,22H,6,9-11H2,1-5H3/t12-,13-,14+,15?,16+,20-/m1/s1. The molecule has 0 aromatic heterocycles. The molecule has 9 nitrogen and oxygen atoms in total. The van der Waals surface area contributed by atoms with Crippen molar-refractivity contribution in [1.29, 1.82) is 0 Å². The van der Waals surface area contributed by atoms with E-state index < -0.39 is 52.6 Å². The largest absolute Gasteiger partial charge is 0.465 e. The Morgan fingerprint density at radius 3 is 2.47 bits per heavy atom. The Balaban J connectivity index is 1.95. The summed E-state index contributed by atoms with van der Waals surface area (Å²) >= 11 is 3.40. The predicted molar refractivity (Wildman–Crippen MR) is 106 cm³/mol. The van der Waals surface area contributed by atoms with Crippen LogP contribution in [0.15, 0.2) is 0 Å². The molecular formula is C20H29BrO9. The average Bonchev–Trinajstić information content (AvgIpc) is 3.28. The number of aliphatic hydroxyl groups is 1. The second kappa shape index (κ2) is 9.00. The summed E-state index contributed by atoms with van der Waals surface area (Å²) < 4.78 is 41.5. The molecule has 6 atom stereocenters. The lowest BCUT2D eigenvalue weighted by Gasteiger charge is -2.37. The summed E-state index contributed by atoms with van der Waals surface area (Å²) in [4.78, 5) is 11.6. The first kappa shape index (κ1) is 23.9. The summed E-state index contributed by atoms with van der Waals surface area (Å²) in [5, 5.41) is 8.92. The molecule has 0 aliphatic carbocycles. The highest BCUT2D eigenvalue weighted by Gasteiger charge is 2.69. The van der Waals surface area contributed by atoms with E-state index in [4.69, 9.17) is 38.3 Å². The number of aliphatic hydroxyl groups excluding tert-OH is 1. The van der Waals surface area contributed by atoms with Gasteiger partial charge in [0, 0.05) is 0 Å². The minimum Gasteiger partial charge on any atom is -0.465 e. The summed E-state index contributed by atoms with van der Waals surface area (Å²) in [5.41, 5.74) is 0. The molecule has 0 spiro atoms. The third-order valence-electron chi connectivity index (χ3n) is 4.99. The van der Waals surface area contributed by atoms with Gasteiger partial charge < -0.3 is 38.3 Å². The Kier molecular flexibility index (Phi) is 7.16. The summed E-state index contributed by atoms with van der Waals surface area (Å²) in [6.45, 7) is 8.97. The molecule has 0 bridgehead atoms. The number of halogens is 1. The molecule has 3 rings (SSSR count). The maximum atomic E-state index is 12.6. The smallest absolute Gasteiger partial charge is 0.325 e. The lowest BCUT2D eigenvalue weighted by Crippen LogP contribution is -2.55. The Morgan fingerprint density at radius 1 is 1.13 bits per heavy atom. The second-order valence-corrected chi connectivity index (χ2v) is 9.02. The molecule has 3 aliphatic rings. The van der Waals surface area contributed by atoms with Gasteiger partial charge in [-0.2, -0.15) is 0 Å². The Morgan fingerprint density at radius 2 is 1.87 bits per heavy atom. The number of hydrogen-bond acceptors (Lipinski definition) is 9. The Bertz CT molecular complexity index is 700. The molecule has 0 saturated carbocycles. The van der Waals surface area contributed by atoms with Crippen LogP contribution >= 0.6 is 15.9 Å². The van der Waals surface area contributed by atoms with Crippen LogP contribution in [0, 0.1) is 11.8 Å². The van der Waals surface area contributed by atoms with Crippen LogP contribution in [0.3, 0.4) is 0 Å². The third kappa shape index (κ3) is 4.69. The fourth-order valence-corrected chi connectivity index (χ4v) is 4.51. The quantitative estimate of drug-likeness (QED) is 0.331. The van der Waals surface area contributed by atoms with E-state index in [0.717, 1.165) is 0 Å². The maximum absolute atomic E-state index is 12.6. The van der Waals surface area contributed by atoms with Gasteiger partial charge in [-0.3, -0.25) is 4.79 Å².